The highest BCUT2D eigenvalue weighted by molar-refractivity contribution is 6.32. The molecule has 25 heavy (non-hydrogen) atoms. The van der Waals surface area contributed by atoms with Gasteiger partial charge in [-0.1, -0.05) is 11.6 Å². The van der Waals surface area contributed by atoms with Crippen molar-refractivity contribution in [2.75, 3.05) is 33.9 Å². The predicted octanol–water partition coefficient (Wildman–Crippen LogP) is 3.88. The molecule has 0 aliphatic carbocycles. The lowest BCUT2D eigenvalue weighted by molar-refractivity contribution is 0.209. The third kappa shape index (κ3) is 4.29. The first-order valence-corrected chi connectivity index (χ1v) is 8.99. The highest BCUT2D eigenvalue weighted by atomic mass is 35.5. The molecule has 6 heteroatoms. The average molecular weight is 365 g/mol. The van der Waals surface area contributed by atoms with Crippen molar-refractivity contribution in [1.29, 1.82) is 0 Å². The molecule has 0 radical (unpaired) electrons. The van der Waals surface area contributed by atoms with Gasteiger partial charge >= 0.3 is 0 Å². The summed E-state index contributed by atoms with van der Waals surface area (Å²) in [7, 11) is 3.21. The number of furan rings is 1. The van der Waals surface area contributed by atoms with E-state index >= 15 is 0 Å². The number of hydrogen-bond acceptors (Lipinski definition) is 5. The molecule has 5 nitrogen and oxygen atoms in total. The second-order valence-electron chi connectivity index (χ2n) is 6.22. The minimum Gasteiger partial charge on any atom is -0.493 e. The Bertz CT molecular complexity index is 670. The second-order valence-corrected chi connectivity index (χ2v) is 6.63. The lowest BCUT2D eigenvalue weighted by Crippen LogP contribution is -2.33. The zero-order chi connectivity index (χ0) is 17.6. The van der Waals surface area contributed by atoms with Crippen molar-refractivity contribution < 1.29 is 13.9 Å². The summed E-state index contributed by atoms with van der Waals surface area (Å²) in [6.07, 6.45) is 4.25. The van der Waals surface area contributed by atoms with Gasteiger partial charge in [0.05, 0.1) is 31.5 Å². The maximum Gasteiger partial charge on any atom is 0.179 e. The molecule has 136 valence electrons. The van der Waals surface area contributed by atoms with E-state index in [1.807, 2.05) is 18.2 Å². The average Bonchev–Trinajstić information content (AvgIpc) is 3.32. The summed E-state index contributed by atoms with van der Waals surface area (Å²) in [6.45, 7) is 3.76. The molecule has 0 amide bonds. The van der Waals surface area contributed by atoms with Gasteiger partial charge in [0.2, 0.25) is 0 Å². The highest BCUT2D eigenvalue weighted by Gasteiger charge is 2.25. The van der Waals surface area contributed by atoms with Gasteiger partial charge in [-0.25, -0.2) is 0 Å². The predicted molar refractivity (Wildman–Crippen MR) is 98.5 cm³/mol. The molecule has 2 heterocycles. The van der Waals surface area contributed by atoms with Gasteiger partial charge in [-0.3, -0.25) is 4.90 Å². The minimum atomic E-state index is 0.258. The van der Waals surface area contributed by atoms with Crippen molar-refractivity contribution in [2.24, 2.45) is 0 Å². The van der Waals surface area contributed by atoms with E-state index in [0.717, 1.165) is 31.0 Å². The Balaban J connectivity index is 1.65. The Labute approximate surface area is 153 Å². The van der Waals surface area contributed by atoms with E-state index in [4.69, 9.17) is 25.5 Å². The quantitative estimate of drug-likeness (QED) is 0.770. The van der Waals surface area contributed by atoms with Crippen molar-refractivity contribution in [3.63, 3.8) is 0 Å². The van der Waals surface area contributed by atoms with Crippen molar-refractivity contribution in [3.8, 4) is 11.5 Å². The molecule has 1 aromatic heterocycles. The van der Waals surface area contributed by atoms with E-state index in [0.29, 0.717) is 23.1 Å². The largest absolute Gasteiger partial charge is 0.493 e. The van der Waals surface area contributed by atoms with Gasteiger partial charge in [0, 0.05) is 13.1 Å². The summed E-state index contributed by atoms with van der Waals surface area (Å²) in [5, 5.41) is 4.08. The molecule has 1 saturated heterocycles. The number of methoxy groups -OCH3 is 2. The number of ether oxygens (including phenoxy) is 2. The number of halogens is 1. The van der Waals surface area contributed by atoms with Crippen molar-refractivity contribution in [1.82, 2.24) is 10.2 Å². The fourth-order valence-corrected chi connectivity index (χ4v) is 3.68. The zero-order valence-corrected chi connectivity index (χ0v) is 15.5. The minimum absolute atomic E-state index is 0.258. The summed E-state index contributed by atoms with van der Waals surface area (Å²) in [5.74, 6) is 2.23. The van der Waals surface area contributed by atoms with Gasteiger partial charge in [-0.05, 0) is 55.8 Å². The molecule has 1 aliphatic rings. The van der Waals surface area contributed by atoms with Crippen molar-refractivity contribution >= 4 is 11.6 Å². The number of benzene rings is 1. The Morgan fingerprint density at radius 3 is 2.68 bits per heavy atom. The van der Waals surface area contributed by atoms with Crippen LogP contribution in [0.3, 0.4) is 0 Å². The standard InChI is InChI=1S/C19H25ClN2O3/c1-23-18-11-14(10-15(20)19(18)24-2)12-21-13-16(17-6-5-9-25-17)22-7-3-4-8-22/h5-6,9-11,16,21H,3-4,7-8,12-13H2,1-2H3/t16-/m1/s1. The lowest BCUT2D eigenvalue weighted by atomic mass is 10.1. The lowest BCUT2D eigenvalue weighted by Gasteiger charge is -2.26. The van der Waals surface area contributed by atoms with Crippen LogP contribution in [-0.2, 0) is 6.54 Å². The van der Waals surface area contributed by atoms with Crippen molar-refractivity contribution in [3.05, 3.63) is 46.9 Å². The van der Waals surface area contributed by atoms with Crippen LogP contribution in [0.1, 0.15) is 30.2 Å². The van der Waals surface area contributed by atoms with E-state index in [1.165, 1.54) is 12.8 Å². The number of likely N-dealkylation sites (tertiary alicyclic amines) is 1. The Hall–Kier alpha value is -1.69. The molecule has 1 aromatic carbocycles. The SMILES string of the molecule is COc1cc(CNC[C@H](c2ccco2)N2CCCC2)cc(Cl)c1OC. The van der Waals surface area contributed by atoms with E-state index in [-0.39, 0.29) is 6.04 Å². The van der Waals surface area contributed by atoms with Crippen LogP contribution in [0.25, 0.3) is 0 Å². The summed E-state index contributed by atoms with van der Waals surface area (Å²) >= 11 is 6.28. The molecule has 1 atom stereocenters. The first kappa shape index (κ1) is 18.1. The monoisotopic (exact) mass is 364 g/mol. The summed E-state index contributed by atoms with van der Waals surface area (Å²) in [6, 6.07) is 8.13. The fraction of sp³-hybridized carbons (Fsp3) is 0.474. The molecular formula is C19H25ClN2O3. The molecule has 1 N–H and O–H groups in total. The molecule has 0 bridgehead atoms. The van der Waals surface area contributed by atoms with Gasteiger partial charge in [0.1, 0.15) is 5.76 Å². The van der Waals surface area contributed by atoms with Crippen molar-refractivity contribution in [2.45, 2.75) is 25.4 Å². The van der Waals surface area contributed by atoms with Crippen LogP contribution in [0.15, 0.2) is 34.9 Å². The van der Waals surface area contributed by atoms with Crippen LogP contribution in [0.5, 0.6) is 11.5 Å². The maximum absolute atomic E-state index is 6.28. The van der Waals surface area contributed by atoms with Gasteiger partial charge < -0.3 is 19.2 Å². The van der Waals surface area contributed by atoms with Crippen LogP contribution < -0.4 is 14.8 Å². The smallest absolute Gasteiger partial charge is 0.179 e. The van der Waals surface area contributed by atoms with Crippen LogP contribution in [0.2, 0.25) is 5.02 Å². The number of nitrogens with zero attached hydrogens (tertiary/aromatic N) is 1. The number of rotatable bonds is 8. The summed E-state index contributed by atoms with van der Waals surface area (Å²) < 4.78 is 16.3. The molecule has 3 rings (SSSR count). The molecule has 1 fully saturated rings. The molecule has 0 spiro atoms. The molecular weight excluding hydrogens is 340 g/mol. The summed E-state index contributed by atoms with van der Waals surface area (Å²) in [5.41, 5.74) is 1.06. The normalized spacial score (nSPS) is 16.1. The third-order valence-corrected chi connectivity index (χ3v) is 4.89. The van der Waals surface area contributed by atoms with Gasteiger partial charge in [-0.2, -0.15) is 0 Å². The van der Waals surface area contributed by atoms with Gasteiger partial charge in [0.15, 0.2) is 11.5 Å². The molecule has 0 unspecified atom stereocenters. The molecule has 0 saturated carbocycles. The summed E-state index contributed by atoms with van der Waals surface area (Å²) in [4.78, 5) is 2.48. The number of nitrogens with one attached hydrogen (secondary N) is 1. The van der Waals surface area contributed by atoms with Crippen LogP contribution in [0, 0.1) is 0 Å². The van der Waals surface area contributed by atoms with Crippen LogP contribution >= 0.6 is 11.6 Å². The van der Waals surface area contributed by atoms with E-state index in [9.17, 15) is 0 Å². The Kier molecular flexibility index (Phi) is 6.24. The maximum atomic E-state index is 6.28. The third-order valence-electron chi connectivity index (χ3n) is 4.61. The first-order valence-electron chi connectivity index (χ1n) is 8.61. The van der Waals surface area contributed by atoms with Gasteiger partial charge in [0.25, 0.3) is 0 Å². The topological polar surface area (TPSA) is 46.9 Å². The van der Waals surface area contributed by atoms with E-state index in [1.54, 1.807) is 20.5 Å². The zero-order valence-electron chi connectivity index (χ0n) is 14.8. The molecule has 2 aromatic rings. The Morgan fingerprint density at radius 2 is 2.04 bits per heavy atom. The second kappa shape index (κ2) is 8.61. The Morgan fingerprint density at radius 1 is 1.24 bits per heavy atom. The van der Waals surface area contributed by atoms with Crippen LogP contribution in [-0.4, -0.2) is 38.8 Å². The number of hydrogen-bond donors (Lipinski definition) is 1. The molecule has 1 aliphatic heterocycles. The first-order chi connectivity index (χ1) is 12.2. The van der Waals surface area contributed by atoms with Gasteiger partial charge in [-0.15, -0.1) is 0 Å². The van der Waals surface area contributed by atoms with E-state index < -0.39 is 0 Å². The van der Waals surface area contributed by atoms with Crippen LogP contribution in [0.4, 0.5) is 0 Å². The highest BCUT2D eigenvalue weighted by Crippen LogP contribution is 2.36. The van der Waals surface area contributed by atoms with E-state index in [2.05, 4.69) is 16.3 Å². The fourth-order valence-electron chi connectivity index (χ4n) is 3.37.